The molecular weight excluding hydrogens is 430 g/mol. The van der Waals surface area contributed by atoms with Crippen molar-refractivity contribution < 1.29 is 19.4 Å². The summed E-state index contributed by atoms with van der Waals surface area (Å²) in [4.78, 5) is 33.3. The van der Waals surface area contributed by atoms with Crippen molar-refractivity contribution in [2.45, 2.75) is 26.5 Å². The Hall–Kier alpha value is -3.71. The number of aliphatic carboxylic acids is 1. The minimum absolute atomic E-state index is 0.157. The van der Waals surface area contributed by atoms with E-state index < -0.39 is 12.1 Å². The van der Waals surface area contributed by atoms with E-state index in [0.717, 1.165) is 11.3 Å². The number of carbonyl (C=O) groups is 2. The predicted molar refractivity (Wildman–Crippen MR) is 120 cm³/mol. The molecule has 1 N–H and O–H groups in total. The second-order valence-corrected chi connectivity index (χ2v) is 7.79. The lowest BCUT2D eigenvalue weighted by molar-refractivity contribution is -0.144. The average Bonchev–Trinajstić information content (AvgIpc) is 3.05. The van der Waals surface area contributed by atoms with Gasteiger partial charge in [-0.3, -0.25) is 9.78 Å². The summed E-state index contributed by atoms with van der Waals surface area (Å²) >= 11 is 5.96. The number of hydrogen-bond acceptors (Lipinski definition) is 5. The monoisotopic (exact) mass is 449 g/mol. The van der Waals surface area contributed by atoms with Gasteiger partial charge in [0, 0.05) is 35.2 Å². The fourth-order valence-corrected chi connectivity index (χ4v) is 3.66. The largest absolute Gasteiger partial charge is 0.479 e. The Morgan fingerprint density at radius 3 is 2.56 bits per heavy atom. The molecule has 0 aliphatic heterocycles. The molecule has 0 saturated carbocycles. The van der Waals surface area contributed by atoms with Crippen molar-refractivity contribution in [2.75, 3.05) is 0 Å². The number of carboxylic acids is 1. The molecule has 7 nitrogen and oxygen atoms in total. The molecule has 0 spiro atoms. The smallest absolute Gasteiger partial charge is 0.344 e. The number of ether oxygens (including phenoxy) is 1. The Bertz CT molecular complexity index is 1310. The molecule has 0 unspecified atom stereocenters. The van der Waals surface area contributed by atoms with Gasteiger partial charge in [0.2, 0.25) is 0 Å². The van der Waals surface area contributed by atoms with Crippen LogP contribution in [0, 0.1) is 6.92 Å². The van der Waals surface area contributed by atoms with Crippen LogP contribution in [0.1, 0.15) is 34.1 Å². The number of benzene rings is 2. The lowest BCUT2D eigenvalue weighted by Gasteiger charge is -2.13. The number of carbonyl (C=O) groups excluding carboxylic acids is 1. The number of nitrogens with zero attached hydrogens (tertiary/aromatic N) is 3. The molecule has 0 amide bonds. The van der Waals surface area contributed by atoms with E-state index in [-0.39, 0.29) is 5.78 Å². The van der Waals surface area contributed by atoms with Crippen LogP contribution < -0.4 is 4.74 Å². The summed E-state index contributed by atoms with van der Waals surface area (Å²) in [6, 6.07) is 13.9. The number of aromatic nitrogens is 3. The first-order valence-electron chi connectivity index (χ1n) is 9.93. The van der Waals surface area contributed by atoms with E-state index in [9.17, 15) is 9.59 Å². The van der Waals surface area contributed by atoms with Crippen LogP contribution in [-0.2, 0) is 11.3 Å². The average molecular weight is 450 g/mol. The Morgan fingerprint density at radius 1 is 1.12 bits per heavy atom. The molecule has 0 aliphatic rings. The third kappa shape index (κ3) is 4.20. The summed E-state index contributed by atoms with van der Waals surface area (Å²) in [5.41, 5.74) is 3.72. The molecule has 0 saturated heterocycles. The fourth-order valence-electron chi connectivity index (χ4n) is 3.53. The standard InChI is InChI=1S/C24H20ClN3O4/c1-14-20(22(29)17-6-8-18(25)9-7-17)21-23(27-11-10-26-21)28(14)13-16-4-3-5-19(12-16)32-15(2)24(30)31/h3-12,15H,13H2,1-2H3,(H,30,31)/t15-/m1/s1. The van der Waals surface area contributed by atoms with Crippen molar-refractivity contribution in [2.24, 2.45) is 0 Å². The Kier molecular flexibility index (Phi) is 5.92. The van der Waals surface area contributed by atoms with Gasteiger partial charge in [-0.05, 0) is 55.8 Å². The van der Waals surface area contributed by atoms with E-state index >= 15 is 0 Å². The van der Waals surface area contributed by atoms with Crippen molar-refractivity contribution in [3.8, 4) is 5.75 Å². The van der Waals surface area contributed by atoms with Crippen molar-refractivity contribution in [1.82, 2.24) is 14.5 Å². The minimum Gasteiger partial charge on any atom is -0.479 e. The van der Waals surface area contributed by atoms with E-state index in [4.69, 9.17) is 21.4 Å². The van der Waals surface area contributed by atoms with Crippen LogP contribution >= 0.6 is 11.6 Å². The normalized spacial score (nSPS) is 12.0. The van der Waals surface area contributed by atoms with Gasteiger partial charge in [-0.25, -0.2) is 9.78 Å². The van der Waals surface area contributed by atoms with Crippen molar-refractivity contribution >= 4 is 34.5 Å². The zero-order chi connectivity index (χ0) is 22.8. The molecular formula is C24H20ClN3O4. The Labute approximate surface area is 189 Å². The first-order chi connectivity index (χ1) is 15.3. The van der Waals surface area contributed by atoms with Gasteiger partial charge in [0.05, 0.1) is 5.56 Å². The number of halogens is 1. The second kappa shape index (κ2) is 8.80. The maximum atomic E-state index is 13.3. The summed E-state index contributed by atoms with van der Waals surface area (Å²) in [6.07, 6.45) is 2.18. The summed E-state index contributed by atoms with van der Waals surface area (Å²) in [7, 11) is 0. The highest BCUT2D eigenvalue weighted by Gasteiger charge is 2.23. The van der Waals surface area contributed by atoms with Gasteiger partial charge in [-0.1, -0.05) is 23.7 Å². The van der Waals surface area contributed by atoms with Gasteiger partial charge < -0.3 is 14.4 Å². The molecule has 2 heterocycles. The SMILES string of the molecule is Cc1c(C(=O)c2ccc(Cl)cc2)c2nccnc2n1Cc1cccc(O[C@H](C)C(=O)O)c1. The van der Waals surface area contributed by atoms with E-state index in [1.54, 1.807) is 54.9 Å². The van der Waals surface area contributed by atoms with Crippen molar-refractivity contribution in [3.05, 3.63) is 88.3 Å². The molecule has 162 valence electrons. The fraction of sp³-hybridized carbons (Fsp3) is 0.167. The van der Waals surface area contributed by atoms with Crippen LogP contribution in [0.3, 0.4) is 0 Å². The number of fused-ring (bicyclic) bond motifs is 1. The predicted octanol–water partition coefficient (Wildman–Crippen LogP) is 4.52. The van der Waals surface area contributed by atoms with Crippen LogP contribution in [0.25, 0.3) is 11.2 Å². The highest BCUT2D eigenvalue weighted by atomic mass is 35.5. The van der Waals surface area contributed by atoms with Crippen LogP contribution in [0.5, 0.6) is 5.75 Å². The van der Waals surface area contributed by atoms with Gasteiger partial charge in [-0.2, -0.15) is 0 Å². The molecule has 0 fully saturated rings. The number of hydrogen-bond donors (Lipinski definition) is 1. The van der Waals surface area contributed by atoms with Gasteiger partial charge in [0.1, 0.15) is 11.3 Å². The van der Waals surface area contributed by atoms with Gasteiger partial charge >= 0.3 is 5.97 Å². The lowest BCUT2D eigenvalue weighted by Crippen LogP contribution is -2.22. The first-order valence-corrected chi connectivity index (χ1v) is 10.3. The van der Waals surface area contributed by atoms with Crippen molar-refractivity contribution in [3.63, 3.8) is 0 Å². The van der Waals surface area contributed by atoms with E-state index in [1.165, 1.54) is 6.92 Å². The minimum atomic E-state index is -1.04. The van der Waals surface area contributed by atoms with Crippen molar-refractivity contribution in [1.29, 1.82) is 0 Å². The Morgan fingerprint density at radius 2 is 1.84 bits per heavy atom. The molecule has 2 aromatic carbocycles. The molecule has 0 bridgehead atoms. The van der Waals surface area contributed by atoms with Crippen LogP contribution in [0.2, 0.25) is 5.02 Å². The number of rotatable bonds is 7. The van der Waals surface area contributed by atoms with E-state index in [1.807, 2.05) is 17.6 Å². The lowest BCUT2D eigenvalue weighted by atomic mass is 10.0. The summed E-state index contributed by atoms with van der Waals surface area (Å²) in [5.74, 6) is -0.742. The quantitative estimate of drug-likeness (QED) is 0.417. The van der Waals surface area contributed by atoms with Gasteiger partial charge in [0.25, 0.3) is 0 Å². The second-order valence-electron chi connectivity index (χ2n) is 7.36. The molecule has 2 aromatic heterocycles. The van der Waals surface area contributed by atoms with E-state index in [2.05, 4.69) is 9.97 Å². The van der Waals surface area contributed by atoms with Crippen LogP contribution in [0.4, 0.5) is 0 Å². The molecule has 1 atom stereocenters. The summed E-state index contributed by atoms with van der Waals surface area (Å²) < 4.78 is 7.40. The topological polar surface area (TPSA) is 94.3 Å². The first kappa shape index (κ1) is 21.5. The Balaban J connectivity index is 1.73. The van der Waals surface area contributed by atoms with Crippen LogP contribution in [0.15, 0.2) is 60.9 Å². The summed E-state index contributed by atoms with van der Waals surface area (Å²) in [6.45, 7) is 3.75. The highest BCUT2D eigenvalue weighted by molar-refractivity contribution is 6.30. The molecule has 32 heavy (non-hydrogen) atoms. The molecule has 0 aliphatic carbocycles. The van der Waals surface area contributed by atoms with Gasteiger partial charge in [0.15, 0.2) is 17.5 Å². The highest BCUT2D eigenvalue weighted by Crippen LogP contribution is 2.27. The third-order valence-electron chi connectivity index (χ3n) is 5.17. The maximum Gasteiger partial charge on any atom is 0.344 e. The molecule has 8 heteroatoms. The van der Waals surface area contributed by atoms with Gasteiger partial charge in [-0.15, -0.1) is 0 Å². The zero-order valence-corrected chi connectivity index (χ0v) is 18.2. The van der Waals surface area contributed by atoms with E-state index in [0.29, 0.717) is 39.6 Å². The molecule has 4 rings (SSSR count). The zero-order valence-electron chi connectivity index (χ0n) is 17.4. The molecule has 4 aromatic rings. The maximum absolute atomic E-state index is 13.3. The number of ketones is 1. The summed E-state index contributed by atoms with van der Waals surface area (Å²) in [5, 5.41) is 9.64. The molecule has 0 radical (unpaired) electrons. The van der Waals surface area contributed by atoms with Crippen LogP contribution in [-0.4, -0.2) is 37.5 Å². The number of carboxylic acid groups (broad SMARTS) is 1. The third-order valence-corrected chi connectivity index (χ3v) is 5.42.